The summed E-state index contributed by atoms with van der Waals surface area (Å²) in [4.78, 5) is 11.7. The summed E-state index contributed by atoms with van der Waals surface area (Å²) in [6.45, 7) is 0. The standard InChI is InChI=1S/C13H10F2N2O3S/c14-8-4-5-11(12(15)6-8)13(18)17-9-2-1-3-10(7-9)21(16,19)20/h1-7H,(H,17,18)(H2,16,19,20). The minimum atomic E-state index is -3.91. The molecule has 5 nitrogen and oxygen atoms in total. The summed E-state index contributed by atoms with van der Waals surface area (Å²) in [7, 11) is -3.91. The van der Waals surface area contributed by atoms with Crippen LogP contribution >= 0.6 is 0 Å². The van der Waals surface area contributed by atoms with Crippen molar-refractivity contribution in [1.82, 2.24) is 0 Å². The first-order valence-corrected chi connectivity index (χ1v) is 7.21. The fourth-order valence-corrected chi connectivity index (χ4v) is 2.18. The Hall–Kier alpha value is -2.32. The van der Waals surface area contributed by atoms with E-state index in [9.17, 15) is 22.0 Å². The van der Waals surface area contributed by atoms with Crippen molar-refractivity contribution >= 4 is 21.6 Å². The summed E-state index contributed by atoms with van der Waals surface area (Å²) >= 11 is 0. The van der Waals surface area contributed by atoms with Crippen LogP contribution in [0.15, 0.2) is 47.4 Å². The predicted molar refractivity (Wildman–Crippen MR) is 72.1 cm³/mol. The van der Waals surface area contributed by atoms with E-state index in [0.717, 1.165) is 18.2 Å². The van der Waals surface area contributed by atoms with Crippen LogP contribution < -0.4 is 10.5 Å². The van der Waals surface area contributed by atoms with Gasteiger partial charge in [0.2, 0.25) is 10.0 Å². The number of sulfonamides is 1. The summed E-state index contributed by atoms with van der Waals surface area (Å²) in [5.41, 5.74) is -0.243. The van der Waals surface area contributed by atoms with Crippen LogP contribution in [-0.2, 0) is 10.0 Å². The molecule has 1 amide bonds. The van der Waals surface area contributed by atoms with Gasteiger partial charge in [0, 0.05) is 11.8 Å². The van der Waals surface area contributed by atoms with E-state index in [1.165, 1.54) is 18.2 Å². The van der Waals surface area contributed by atoms with Crippen LogP contribution in [0, 0.1) is 11.6 Å². The molecule has 0 saturated heterocycles. The third-order valence-electron chi connectivity index (χ3n) is 2.60. The average molecular weight is 312 g/mol. The molecule has 0 aliphatic rings. The molecule has 0 bridgehead atoms. The second-order valence-corrected chi connectivity index (χ2v) is 5.71. The zero-order valence-corrected chi connectivity index (χ0v) is 11.3. The van der Waals surface area contributed by atoms with E-state index in [4.69, 9.17) is 5.14 Å². The van der Waals surface area contributed by atoms with E-state index in [1.807, 2.05) is 0 Å². The largest absolute Gasteiger partial charge is 0.322 e. The molecule has 0 aliphatic heterocycles. The molecule has 3 N–H and O–H groups in total. The van der Waals surface area contributed by atoms with Crippen LogP contribution in [0.4, 0.5) is 14.5 Å². The lowest BCUT2D eigenvalue weighted by Gasteiger charge is -2.07. The number of nitrogens with one attached hydrogen (secondary N) is 1. The van der Waals surface area contributed by atoms with Crippen molar-refractivity contribution in [2.45, 2.75) is 4.90 Å². The molecule has 0 unspecified atom stereocenters. The third-order valence-corrected chi connectivity index (χ3v) is 3.51. The molecule has 2 rings (SSSR count). The quantitative estimate of drug-likeness (QED) is 0.906. The Balaban J connectivity index is 2.28. The van der Waals surface area contributed by atoms with Gasteiger partial charge >= 0.3 is 0 Å². The molecule has 0 heterocycles. The van der Waals surface area contributed by atoms with E-state index >= 15 is 0 Å². The number of primary sulfonamides is 1. The van der Waals surface area contributed by atoms with Crippen LogP contribution in [-0.4, -0.2) is 14.3 Å². The van der Waals surface area contributed by atoms with E-state index < -0.39 is 27.6 Å². The topological polar surface area (TPSA) is 89.3 Å². The van der Waals surface area contributed by atoms with Crippen LogP contribution in [0.5, 0.6) is 0 Å². The minimum absolute atomic E-state index is 0.121. The van der Waals surface area contributed by atoms with E-state index in [2.05, 4.69) is 5.32 Å². The molecular formula is C13H10F2N2O3S. The third kappa shape index (κ3) is 3.61. The first kappa shape index (κ1) is 15.1. The number of hydrogen-bond acceptors (Lipinski definition) is 3. The number of hydrogen-bond donors (Lipinski definition) is 2. The smallest absolute Gasteiger partial charge is 0.258 e. The number of carbonyl (C=O) groups excluding carboxylic acids is 1. The highest BCUT2D eigenvalue weighted by molar-refractivity contribution is 7.89. The van der Waals surface area contributed by atoms with E-state index in [1.54, 1.807) is 0 Å². The van der Waals surface area contributed by atoms with Crippen molar-refractivity contribution < 1.29 is 22.0 Å². The first-order chi connectivity index (χ1) is 9.77. The molecule has 0 radical (unpaired) electrons. The number of benzene rings is 2. The van der Waals surface area contributed by atoms with Crippen molar-refractivity contribution in [3.05, 3.63) is 59.7 Å². The fraction of sp³-hybridized carbons (Fsp3) is 0. The number of rotatable bonds is 3. The summed E-state index contributed by atoms with van der Waals surface area (Å²) in [6.07, 6.45) is 0. The number of anilines is 1. The van der Waals surface area contributed by atoms with E-state index in [-0.39, 0.29) is 16.1 Å². The van der Waals surface area contributed by atoms with Crippen molar-refractivity contribution in [2.24, 2.45) is 5.14 Å². The number of halogens is 2. The molecule has 0 fully saturated rings. The highest BCUT2D eigenvalue weighted by atomic mass is 32.2. The van der Waals surface area contributed by atoms with Crippen molar-refractivity contribution in [1.29, 1.82) is 0 Å². The Morgan fingerprint density at radius 3 is 2.43 bits per heavy atom. The molecule has 0 atom stereocenters. The van der Waals surface area contributed by atoms with Crippen LogP contribution in [0.2, 0.25) is 0 Å². The fourth-order valence-electron chi connectivity index (χ4n) is 1.62. The van der Waals surface area contributed by atoms with Crippen LogP contribution in [0.25, 0.3) is 0 Å². The molecule has 8 heteroatoms. The second kappa shape index (κ2) is 5.58. The molecule has 21 heavy (non-hydrogen) atoms. The Bertz CT molecular complexity index is 807. The van der Waals surface area contributed by atoms with Gasteiger partial charge in [0.15, 0.2) is 0 Å². The maximum absolute atomic E-state index is 13.5. The van der Waals surface area contributed by atoms with Gasteiger partial charge < -0.3 is 5.32 Å². The van der Waals surface area contributed by atoms with Crippen molar-refractivity contribution in [3.8, 4) is 0 Å². The van der Waals surface area contributed by atoms with Gasteiger partial charge in [0.25, 0.3) is 5.91 Å². The zero-order chi connectivity index (χ0) is 15.6. The van der Waals surface area contributed by atoms with Gasteiger partial charge in [-0.3, -0.25) is 4.79 Å². The van der Waals surface area contributed by atoms with Gasteiger partial charge in [0.1, 0.15) is 11.6 Å². The lowest BCUT2D eigenvalue weighted by atomic mass is 10.2. The van der Waals surface area contributed by atoms with Gasteiger partial charge in [-0.2, -0.15) is 0 Å². The van der Waals surface area contributed by atoms with Crippen molar-refractivity contribution in [3.63, 3.8) is 0 Å². The lowest BCUT2D eigenvalue weighted by molar-refractivity contribution is 0.102. The molecule has 2 aromatic rings. The summed E-state index contributed by atoms with van der Waals surface area (Å²) in [6, 6.07) is 7.68. The summed E-state index contributed by atoms with van der Waals surface area (Å²) in [5, 5.41) is 7.28. The highest BCUT2D eigenvalue weighted by Gasteiger charge is 2.14. The second-order valence-electron chi connectivity index (χ2n) is 4.15. The summed E-state index contributed by atoms with van der Waals surface area (Å²) < 4.78 is 48.6. The predicted octanol–water partition coefficient (Wildman–Crippen LogP) is 1.86. The lowest BCUT2D eigenvalue weighted by Crippen LogP contribution is -2.15. The first-order valence-electron chi connectivity index (χ1n) is 5.66. The maximum atomic E-state index is 13.5. The molecule has 0 aliphatic carbocycles. The Morgan fingerprint density at radius 1 is 1.10 bits per heavy atom. The Morgan fingerprint density at radius 2 is 1.81 bits per heavy atom. The van der Waals surface area contributed by atoms with Crippen LogP contribution in [0.1, 0.15) is 10.4 Å². The van der Waals surface area contributed by atoms with Gasteiger partial charge in [-0.1, -0.05) is 6.07 Å². The highest BCUT2D eigenvalue weighted by Crippen LogP contribution is 2.16. The molecular weight excluding hydrogens is 302 g/mol. The van der Waals surface area contributed by atoms with Gasteiger partial charge in [0.05, 0.1) is 10.5 Å². The summed E-state index contributed by atoms with van der Waals surface area (Å²) in [5.74, 6) is -2.66. The number of nitrogens with two attached hydrogens (primary N) is 1. The van der Waals surface area contributed by atoms with Gasteiger partial charge in [-0.15, -0.1) is 0 Å². The molecule has 110 valence electrons. The number of amides is 1. The van der Waals surface area contributed by atoms with Crippen molar-refractivity contribution in [2.75, 3.05) is 5.32 Å². The zero-order valence-electron chi connectivity index (χ0n) is 10.5. The molecule has 2 aromatic carbocycles. The van der Waals surface area contributed by atoms with Gasteiger partial charge in [-0.25, -0.2) is 22.3 Å². The van der Waals surface area contributed by atoms with E-state index in [0.29, 0.717) is 6.07 Å². The minimum Gasteiger partial charge on any atom is -0.322 e. The van der Waals surface area contributed by atoms with Crippen LogP contribution in [0.3, 0.4) is 0 Å². The average Bonchev–Trinajstić information content (AvgIpc) is 2.37. The number of carbonyl (C=O) groups is 1. The molecule has 0 aromatic heterocycles. The Labute approximate surface area is 119 Å². The maximum Gasteiger partial charge on any atom is 0.258 e. The monoisotopic (exact) mass is 312 g/mol. The Kier molecular flexibility index (Phi) is 4.01. The molecule has 0 saturated carbocycles. The SMILES string of the molecule is NS(=O)(=O)c1cccc(NC(=O)c2ccc(F)cc2F)c1. The molecule has 0 spiro atoms. The normalized spacial score (nSPS) is 11.2. The van der Waals surface area contributed by atoms with Gasteiger partial charge in [-0.05, 0) is 30.3 Å².